The number of sulfone groups is 1. The molecule has 2 aromatic carbocycles. The van der Waals surface area contributed by atoms with Crippen molar-refractivity contribution in [3.63, 3.8) is 0 Å². The molecule has 2 aromatic rings. The zero-order valence-corrected chi connectivity index (χ0v) is 15.6. The molecule has 0 heterocycles. The van der Waals surface area contributed by atoms with Gasteiger partial charge in [-0.15, -0.1) is 11.8 Å². The van der Waals surface area contributed by atoms with Gasteiger partial charge in [-0.2, -0.15) is 0 Å². The zero-order valence-electron chi connectivity index (χ0n) is 13.2. The van der Waals surface area contributed by atoms with E-state index in [2.05, 4.69) is 0 Å². The van der Waals surface area contributed by atoms with E-state index in [4.69, 9.17) is 4.78 Å². The summed E-state index contributed by atoms with van der Waals surface area (Å²) in [6.07, 6.45) is 5.04. The number of hydrogen-bond donors (Lipinski definition) is 1. The Labute approximate surface area is 142 Å². The normalized spacial score (nSPS) is 14.4. The SMILES string of the molecule is CSc1cc(Cc2cccc(S(C)(=O)=O)c2)cc(S(C)(=N)=O)c1. The maximum absolute atomic E-state index is 12.0. The average Bonchev–Trinajstić information content (AvgIpc) is 2.45. The van der Waals surface area contributed by atoms with Gasteiger partial charge in [-0.25, -0.2) is 17.4 Å². The Kier molecular flexibility index (Phi) is 5.23. The second kappa shape index (κ2) is 6.67. The van der Waals surface area contributed by atoms with E-state index in [1.165, 1.54) is 24.3 Å². The number of nitrogens with one attached hydrogen (secondary N) is 1. The quantitative estimate of drug-likeness (QED) is 0.819. The van der Waals surface area contributed by atoms with Crippen LogP contribution in [0.4, 0.5) is 0 Å². The van der Waals surface area contributed by atoms with Crippen LogP contribution in [0.2, 0.25) is 0 Å². The fourth-order valence-corrected chi connectivity index (χ4v) is 4.21. The summed E-state index contributed by atoms with van der Waals surface area (Å²) in [6, 6.07) is 12.3. The molecule has 4 nitrogen and oxygen atoms in total. The molecule has 1 atom stereocenters. The standard InChI is InChI=1S/C16H19NO3S3/c1-21-14-8-13(10-16(11-14)22(2,17)18)7-12-5-4-6-15(9-12)23(3,19)20/h4-6,8-11,17H,7H2,1-3H3. The summed E-state index contributed by atoms with van der Waals surface area (Å²) in [5.74, 6) is 0. The molecule has 7 heteroatoms. The third-order valence-electron chi connectivity index (χ3n) is 3.36. The number of hydrogen-bond acceptors (Lipinski definition) is 5. The van der Waals surface area contributed by atoms with Crippen molar-refractivity contribution in [1.29, 1.82) is 4.78 Å². The van der Waals surface area contributed by atoms with E-state index in [0.29, 0.717) is 11.3 Å². The molecule has 1 N–H and O–H groups in total. The summed E-state index contributed by atoms with van der Waals surface area (Å²) in [5.41, 5.74) is 1.78. The van der Waals surface area contributed by atoms with E-state index >= 15 is 0 Å². The highest BCUT2D eigenvalue weighted by atomic mass is 32.2. The molecule has 0 fully saturated rings. The summed E-state index contributed by atoms with van der Waals surface area (Å²) >= 11 is 1.53. The van der Waals surface area contributed by atoms with Gasteiger partial charge in [0.2, 0.25) is 0 Å². The van der Waals surface area contributed by atoms with E-state index in [1.54, 1.807) is 30.3 Å². The molecular formula is C16H19NO3S3. The highest BCUT2D eigenvalue weighted by Crippen LogP contribution is 2.24. The first-order chi connectivity index (χ1) is 10.6. The molecule has 0 saturated carbocycles. The molecule has 2 rings (SSSR count). The Bertz CT molecular complexity index is 933. The lowest BCUT2D eigenvalue weighted by Gasteiger charge is -2.10. The van der Waals surface area contributed by atoms with E-state index in [9.17, 15) is 12.6 Å². The summed E-state index contributed by atoms with van der Waals surface area (Å²) in [4.78, 5) is 1.73. The van der Waals surface area contributed by atoms with Gasteiger partial charge in [0.25, 0.3) is 0 Å². The van der Waals surface area contributed by atoms with Crippen molar-refractivity contribution in [1.82, 2.24) is 0 Å². The molecule has 0 aromatic heterocycles. The first-order valence-corrected chi connectivity index (χ1v) is 11.9. The Morgan fingerprint density at radius 3 is 2.17 bits per heavy atom. The zero-order chi connectivity index (χ0) is 17.3. The molecule has 0 saturated heterocycles. The molecule has 0 amide bonds. The van der Waals surface area contributed by atoms with Crippen LogP contribution in [-0.2, 0) is 26.0 Å². The minimum absolute atomic E-state index is 0.288. The molecule has 1 unspecified atom stereocenters. The van der Waals surface area contributed by atoms with Gasteiger partial charge in [-0.1, -0.05) is 12.1 Å². The Balaban J connectivity index is 2.44. The van der Waals surface area contributed by atoms with Crippen LogP contribution in [0.3, 0.4) is 0 Å². The van der Waals surface area contributed by atoms with Gasteiger partial charge in [0.15, 0.2) is 9.84 Å². The van der Waals surface area contributed by atoms with Crippen LogP contribution in [0.25, 0.3) is 0 Å². The van der Waals surface area contributed by atoms with Crippen molar-refractivity contribution in [3.05, 3.63) is 53.6 Å². The lowest BCUT2D eigenvalue weighted by atomic mass is 10.1. The van der Waals surface area contributed by atoms with Crippen LogP contribution < -0.4 is 0 Å². The van der Waals surface area contributed by atoms with Crippen molar-refractivity contribution in [2.45, 2.75) is 21.1 Å². The van der Waals surface area contributed by atoms with Crippen LogP contribution in [0.15, 0.2) is 57.2 Å². The molecule has 0 bridgehead atoms. The van der Waals surface area contributed by atoms with Crippen LogP contribution in [-0.4, -0.2) is 31.4 Å². The third-order valence-corrected chi connectivity index (χ3v) is 6.31. The van der Waals surface area contributed by atoms with Crippen molar-refractivity contribution in [2.75, 3.05) is 18.8 Å². The predicted molar refractivity (Wildman–Crippen MR) is 95.6 cm³/mol. The number of rotatable bonds is 5. The number of benzene rings is 2. The van der Waals surface area contributed by atoms with Crippen molar-refractivity contribution < 1.29 is 12.6 Å². The van der Waals surface area contributed by atoms with Gasteiger partial charge in [0, 0.05) is 22.3 Å². The Morgan fingerprint density at radius 2 is 1.61 bits per heavy atom. The fourth-order valence-electron chi connectivity index (χ4n) is 2.20. The monoisotopic (exact) mass is 369 g/mol. The molecule has 23 heavy (non-hydrogen) atoms. The smallest absolute Gasteiger partial charge is 0.175 e. The Hall–Kier alpha value is -1.31. The maximum Gasteiger partial charge on any atom is 0.175 e. The number of thioether (sulfide) groups is 1. The summed E-state index contributed by atoms with van der Waals surface area (Å²) in [6.45, 7) is 0. The van der Waals surface area contributed by atoms with Crippen molar-refractivity contribution in [2.24, 2.45) is 0 Å². The van der Waals surface area contributed by atoms with Crippen LogP contribution in [0.5, 0.6) is 0 Å². The predicted octanol–water partition coefficient (Wildman–Crippen LogP) is 3.44. The van der Waals surface area contributed by atoms with Gasteiger partial charge in [-0.3, -0.25) is 0 Å². The Morgan fingerprint density at radius 1 is 0.957 bits per heavy atom. The van der Waals surface area contributed by atoms with Gasteiger partial charge in [-0.05, 0) is 54.1 Å². The highest BCUT2D eigenvalue weighted by molar-refractivity contribution is 7.98. The first kappa shape index (κ1) is 18.0. The van der Waals surface area contributed by atoms with Gasteiger partial charge < -0.3 is 0 Å². The molecule has 124 valence electrons. The topological polar surface area (TPSA) is 75.1 Å². The van der Waals surface area contributed by atoms with E-state index in [1.807, 2.05) is 18.4 Å². The van der Waals surface area contributed by atoms with Crippen molar-refractivity contribution >= 4 is 31.3 Å². The van der Waals surface area contributed by atoms with E-state index in [-0.39, 0.29) is 4.90 Å². The summed E-state index contributed by atoms with van der Waals surface area (Å²) < 4.78 is 43.1. The highest BCUT2D eigenvalue weighted by Gasteiger charge is 2.10. The minimum Gasteiger partial charge on any atom is -0.249 e. The lowest BCUT2D eigenvalue weighted by molar-refractivity contribution is 0.601. The maximum atomic E-state index is 12.0. The largest absolute Gasteiger partial charge is 0.249 e. The minimum atomic E-state index is -3.24. The second-order valence-electron chi connectivity index (χ2n) is 5.46. The second-order valence-corrected chi connectivity index (χ2v) is 10.5. The molecule has 0 aliphatic carbocycles. The fraction of sp³-hybridized carbons (Fsp3) is 0.250. The van der Waals surface area contributed by atoms with Gasteiger partial charge in [0.05, 0.1) is 14.6 Å². The molecular weight excluding hydrogens is 350 g/mol. The molecule has 0 aliphatic rings. The van der Waals surface area contributed by atoms with Crippen LogP contribution in [0, 0.1) is 4.78 Å². The van der Waals surface area contributed by atoms with E-state index < -0.39 is 19.6 Å². The van der Waals surface area contributed by atoms with Gasteiger partial charge >= 0.3 is 0 Å². The summed E-state index contributed by atoms with van der Waals surface area (Å²) in [7, 11) is -6.03. The molecule has 0 aliphatic heterocycles. The lowest BCUT2D eigenvalue weighted by Crippen LogP contribution is -2.00. The summed E-state index contributed by atoms with van der Waals surface area (Å²) in [5, 5.41) is 0. The van der Waals surface area contributed by atoms with Crippen LogP contribution >= 0.6 is 11.8 Å². The third kappa shape index (κ3) is 4.83. The van der Waals surface area contributed by atoms with E-state index in [0.717, 1.165) is 16.0 Å². The molecule has 0 spiro atoms. The van der Waals surface area contributed by atoms with Crippen molar-refractivity contribution in [3.8, 4) is 0 Å². The van der Waals surface area contributed by atoms with Gasteiger partial charge in [0.1, 0.15) is 0 Å². The average molecular weight is 370 g/mol. The molecule has 0 radical (unpaired) electrons. The van der Waals surface area contributed by atoms with Crippen LogP contribution in [0.1, 0.15) is 11.1 Å². The first-order valence-electron chi connectivity index (χ1n) is 6.80.